The van der Waals surface area contributed by atoms with E-state index in [1.807, 2.05) is 0 Å². The van der Waals surface area contributed by atoms with Crippen molar-refractivity contribution in [3.63, 3.8) is 0 Å². The predicted molar refractivity (Wildman–Crippen MR) is 85.2 cm³/mol. The number of unbranched alkanes of at least 4 members (excludes halogenated alkanes) is 7. The maximum absolute atomic E-state index is 10.4. The first-order chi connectivity index (χ1) is 9.92. The van der Waals surface area contributed by atoms with Gasteiger partial charge in [-0.2, -0.15) is 0 Å². The Morgan fingerprint density at radius 1 is 0.810 bits per heavy atom. The Morgan fingerprint density at radius 3 is 1.86 bits per heavy atom. The summed E-state index contributed by atoms with van der Waals surface area (Å²) in [4.78, 5) is 16.9. The molecule has 0 aromatic heterocycles. The molecule has 0 spiro atoms. The van der Waals surface area contributed by atoms with E-state index in [1.54, 1.807) is 0 Å². The zero-order chi connectivity index (χ0) is 16.0. The van der Waals surface area contributed by atoms with Gasteiger partial charge in [0.05, 0.1) is 13.2 Å². The van der Waals surface area contributed by atoms with Gasteiger partial charge in [0.2, 0.25) is 0 Å². The van der Waals surface area contributed by atoms with Crippen molar-refractivity contribution < 1.29 is 23.6 Å². The maximum Gasteiger partial charge on any atom is 0.469 e. The Morgan fingerprint density at radius 2 is 1.33 bits per heavy atom. The number of phosphoric acid groups is 1. The molecule has 0 aliphatic heterocycles. The van der Waals surface area contributed by atoms with Crippen LogP contribution in [0.2, 0.25) is 0 Å². The van der Waals surface area contributed by atoms with E-state index < -0.39 is 7.82 Å². The molecule has 0 aliphatic rings. The van der Waals surface area contributed by atoms with E-state index in [1.165, 1.54) is 44.9 Å². The van der Waals surface area contributed by atoms with Crippen molar-refractivity contribution in [1.29, 1.82) is 0 Å². The average molecular weight is 324 g/mol. The first-order valence-electron chi connectivity index (χ1n) is 8.19. The van der Waals surface area contributed by atoms with Crippen LogP contribution < -0.4 is 0 Å². The minimum Gasteiger partial charge on any atom is -0.379 e. The first-order valence-corrected chi connectivity index (χ1v) is 9.72. The summed E-state index contributed by atoms with van der Waals surface area (Å²) in [5.41, 5.74) is 0. The van der Waals surface area contributed by atoms with Gasteiger partial charge in [-0.15, -0.1) is 0 Å². The lowest BCUT2D eigenvalue weighted by Gasteiger charge is -2.06. The first kappa shape index (κ1) is 21.1. The third-order valence-electron chi connectivity index (χ3n) is 3.31. The Labute approximate surface area is 129 Å². The molecule has 128 valence electrons. The van der Waals surface area contributed by atoms with Crippen molar-refractivity contribution in [3.05, 3.63) is 0 Å². The summed E-state index contributed by atoms with van der Waals surface area (Å²) in [6.07, 6.45) is 11.5. The highest BCUT2D eigenvalue weighted by Crippen LogP contribution is 2.35. The highest BCUT2D eigenvalue weighted by Gasteiger charge is 2.12. The Kier molecular flexibility index (Phi) is 13.8. The lowest BCUT2D eigenvalue weighted by Crippen LogP contribution is -2.04. The minimum absolute atomic E-state index is 0.0549. The quantitative estimate of drug-likeness (QED) is 0.347. The Balaban J connectivity index is 3.04. The van der Waals surface area contributed by atoms with E-state index in [0.29, 0.717) is 6.61 Å². The summed E-state index contributed by atoms with van der Waals surface area (Å²) in [6, 6.07) is 0. The van der Waals surface area contributed by atoms with E-state index in [-0.39, 0.29) is 13.2 Å². The number of hydrogen-bond acceptors (Lipinski definition) is 3. The van der Waals surface area contributed by atoms with Gasteiger partial charge in [0.25, 0.3) is 0 Å². The lowest BCUT2D eigenvalue weighted by molar-refractivity contribution is 0.0831. The number of rotatable bonds is 15. The van der Waals surface area contributed by atoms with Crippen LogP contribution in [0.3, 0.4) is 0 Å². The number of hydrogen-bond donors (Lipinski definition) is 2. The van der Waals surface area contributed by atoms with Crippen LogP contribution in [0, 0.1) is 5.92 Å². The van der Waals surface area contributed by atoms with Crippen molar-refractivity contribution in [2.24, 2.45) is 5.92 Å². The van der Waals surface area contributed by atoms with Crippen molar-refractivity contribution in [2.75, 3.05) is 19.8 Å². The monoisotopic (exact) mass is 324 g/mol. The summed E-state index contributed by atoms with van der Waals surface area (Å²) in [5, 5.41) is 0. The van der Waals surface area contributed by atoms with Gasteiger partial charge in [0, 0.05) is 6.61 Å². The van der Waals surface area contributed by atoms with Gasteiger partial charge in [-0.3, -0.25) is 4.52 Å². The van der Waals surface area contributed by atoms with Gasteiger partial charge >= 0.3 is 7.82 Å². The molecule has 0 radical (unpaired) electrons. The SMILES string of the molecule is CC(C)CCCCCCCCCCOCCOP(=O)(O)O. The Hall–Kier alpha value is 0.0700. The smallest absolute Gasteiger partial charge is 0.379 e. The van der Waals surface area contributed by atoms with Crippen LogP contribution in [0.25, 0.3) is 0 Å². The van der Waals surface area contributed by atoms with Gasteiger partial charge < -0.3 is 14.5 Å². The summed E-state index contributed by atoms with van der Waals surface area (Å²) in [6.45, 7) is 5.38. The number of phosphoric ester groups is 1. The molecule has 0 atom stereocenters. The second-order valence-electron chi connectivity index (χ2n) is 5.95. The van der Waals surface area contributed by atoms with Crippen LogP contribution in [-0.4, -0.2) is 29.6 Å². The van der Waals surface area contributed by atoms with Crippen LogP contribution in [-0.2, 0) is 13.8 Å². The molecule has 0 amide bonds. The van der Waals surface area contributed by atoms with E-state index in [0.717, 1.165) is 18.8 Å². The third kappa shape index (κ3) is 20.1. The van der Waals surface area contributed by atoms with Crippen LogP contribution in [0.4, 0.5) is 0 Å². The molecule has 0 rings (SSSR count). The number of ether oxygens (including phenoxy) is 1. The molecule has 0 saturated carbocycles. The zero-order valence-corrected chi connectivity index (χ0v) is 14.5. The largest absolute Gasteiger partial charge is 0.469 e. The molecule has 0 saturated heterocycles. The summed E-state index contributed by atoms with van der Waals surface area (Å²) in [5.74, 6) is 0.831. The molecule has 0 aromatic carbocycles. The standard InChI is InChI=1S/C15H33O5P/c1-15(2)11-9-7-5-3-4-6-8-10-12-19-13-14-20-21(16,17)18/h15H,3-14H2,1-2H3,(H2,16,17,18). The second kappa shape index (κ2) is 13.7. The van der Waals surface area contributed by atoms with Crippen LogP contribution >= 0.6 is 7.82 Å². The predicted octanol–water partition coefficient (Wildman–Crippen LogP) is 4.28. The fraction of sp³-hybridized carbons (Fsp3) is 1.00. The molecule has 21 heavy (non-hydrogen) atoms. The van der Waals surface area contributed by atoms with Crippen LogP contribution in [0.1, 0.15) is 71.6 Å². The Bertz CT molecular complexity index is 265. The maximum atomic E-state index is 10.4. The molecule has 6 heteroatoms. The van der Waals surface area contributed by atoms with Gasteiger partial charge in [-0.25, -0.2) is 4.57 Å². The summed E-state index contributed by atoms with van der Waals surface area (Å²) in [7, 11) is -4.33. The van der Waals surface area contributed by atoms with E-state index in [2.05, 4.69) is 18.4 Å². The van der Waals surface area contributed by atoms with Gasteiger partial charge in [-0.1, -0.05) is 65.2 Å². The van der Waals surface area contributed by atoms with E-state index in [4.69, 9.17) is 14.5 Å². The van der Waals surface area contributed by atoms with Crippen LogP contribution in [0.5, 0.6) is 0 Å². The van der Waals surface area contributed by atoms with E-state index in [9.17, 15) is 4.57 Å². The summed E-state index contributed by atoms with van der Waals surface area (Å²) >= 11 is 0. The van der Waals surface area contributed by atoms with E-state index >= 15 is 0 Å². The van der Waals surface area contributed by atoms with Gasteiger partial charge in [-0.05, 0) is 12.3 Å². The third-order valence-corrected chi connectivity index (χ3v) is 3.83. The molecule has 0 aromatic rings. The van der Waals surface area contributed by atoms with Crippen molar-refractivity contribution >= 4 is 7.82 Å². The fourth-order valence-electron chi connectivity index (χ4n) is 2.13. The topological polar surface area (TPSA) is 76.0 Å². The second-order valence-corrected chi connectivity index (χ2v) is 7.19. The molecule has 0 heterocycles. The van der Waals surface area contributed by atoms with Crippen LogP contribution in [0.15, 0.2) is 0 Å². The molecule has 0 unspecified atom stereocenters. The molecular weight excluding hydrogens is 291 g/mol. The van der Waals surface area contributed by atoms with Crippen molar-refractivity contribution in [1.82, 2.24) is 0 Å². The minimum atomic E-state index is -4.33. The normalized spacial score (nSPS) is 12.2. The fourth-order valence-corrected chi connectivity index (χ4v) is 2.45. The molecule has 0 aliphatic carbocycles. The highest BCUT2D eigenvalue weighted by atomic mass is 31.2. The molecule has 0 fully saturated rings. The molecule has 5 nitrogen and oxygen atoms in total. The average Bonchev–Trinajstić information content (AvgIpc) is 2.37. The van der Waals surface area contributed by atoms with Gasteiger partial charge in [0.15, 0.2) is 0 Å². The zero-order valence-electron chi connectivity index (χ0n) is 13.6. The van der Waals surface area contributed by atoms with Crippen molar-refractivity contribution in [3.8, 4) is 0 Å². The van der Waals surface area contributed by atoms with Gasteiger partial charge in [0.1, 0.15) is 0 Å². The summed E-state index contributed by atoms with van der Waals surface area (Å²) < 4.78 is 19.9. The molecule has 0 bridgehead atoms. The highest BCUT2D eigenvalue weighted by molar-refractivity contribution is 7.46. The lowest BCUT2D eigenvalue weighted by atomic mass is 10.0. The molecule has 2 N–H and O–H groups in total. The molecular formula is C15H33O5P. The van der Waals surface area contributed by atoms with Crippen molar-refractivity contribution in [2.45, 2.75) is 71.6 Å².